The average molecular weight is 120 g/mol. The van der Waals surface area contributed by atoms with Gasteiger partial charge in [0.15, 0.2) is 5.03 Å². The van der Waals surface area contributed by atoms with Gasteiger partial charge in [-0.15, -0.1) is 0 Å². The molecule has 0 aliphatic carbocycles. The van der Waals surface area contributed by atoms with E-state index in [1.807, 2.05) is 0 Å². The molecule has 4 N–H and O–H groups in total. The Balaban J connectivity index is 3.18. The van der Waals surface area contributed by atoms with Crippen molar-refractivity contribution in [1.82, 2.24) is 11.0 Å². The highest BCUT2D eigenvalue weighted by Gasteiger charge is 1.92. The molecule has 0 saturated carbocycles. The van der Waals surface area contributed by atoms with E-state index in [1.165, 1.54) is 11.0 Å². The lowest BCUT2D eigenvalue weighted by Crippen LogP contribution is -2.44. The Hall–Kier alpha value is -1.53. The number of rotatable bonds is 2. The van der Waals surface area contributed by atoms with Crippen molar-refractivity contribution in [3.63, 3.8) is 0 Å². The van der Waals surface area contributed by atoms with Crippen LogP contribution in [0, 0.1) is 10.1 Å². The van der Waals surface area contributed by atoms with Gasteiger partial charge in [-0.1, -0.05) is 0 Å². The monoisotopic (exact) mass is 120 g/mol. The van der Waals surface area contributed by atoms with Crippen LogP contribution < -0.4 is 16.7 Å². The lowest BCUT2D eigenvalue weighted by molar-refractivity contribution is -0.552. The Bertz CT molecular complexity index is 95.9. The van der Waals surface area contributed by atoms with Gasteiger partial charge in [-0.3, -0.25) is 0 Å². The van der Waals surface area contributed by atoms with Gasteiger partial charge >= 0.3 is 6.03 Å². The Morgan fingerprint density at radius 2 is 2.25 bits per heavy atom. The van der Waals surface area contributed by atoms with Crippen LogP contribution in [-0.4, -0.2) is 11.1 Å². The van der Waals surface area contributed by atoms with Crippen molar-refractivity contribution < 1.29 is 9.83 Å². The van der Waals surface area contributed by atoms with Crippen molar-refractivity contribution in [1.29, 1.82) is 0 Å². The molecule has 0 aliphatic rings. The zero-order valence-corrected chi connectivity index (χ0v) is 3.75. The number of hydrogen-bond acceptors (Lipinski definition) is 3. The maximum Gasteiger partial charge on any atom is 0.335 e. The Morgan fingerprint density at radius 1 is 1.75 bits per heavy atom. The third-order valence-electron chi connectivity index (χ3n) is 0.270. The number of urea groups is 1. The molecule has 0 rings (SSSR count). The molecule has 0 atom stereocenters. The molecule has 46 valence electrons. The largest absolute Gasteiger partial charge is 0.350 e. The van der Waals surface area contributed by atoms with Crippen LogP contribution in [0.2, 0.25) is 0 Å². The molecule has 0 fully saturated rings. The fourth-order valence-electron chi connectivity index (χ4n) is 0.101. The summed E-state index contributed by atoms with van der Waals surface area (Å²) < 4.78 is 0. The minimum absolute atomic E-state index is 0.940. The lowest BCUT2D eigenvalue weighted by atomic mass is 11.2. The highest BCUT2D eigenvalue weighted by atomic mass is 16.7. The minimum atomic E-state index is -0.998. The Labute approximate surface area is 43.9 Å². The van der Waals surface area contributed by atoms with Crippen molar-refractivity contribution in [2.75, 3.05) is 0 Å². The Morgan fingerprint density at radius 3 is 2.38 bits per heavy atom. The first kappa shape index (κ1) is 6.47. The number of primary amides is 1. The van der Waals surface area contributed by atoms with E-state index in [9.17, 15) is 14.9 Å². The normalized spacial score (nSPS) is 7.50. The molecule has 0 aliphatic heterocycles. The van der Waals surface area contributed by atoms with Gasteiger partial charge in [0.2, 0.25) is 0 Å². The van der Waals surface area contributed by atoms with E-state index in [1.54, 1.807) is 0 Å². The van der Waals surface area contributed by atoms with Gasteiger partial charge < -0.3 is 5.73 Å². The minimum Gasteiger partial charge on any atom is -0.350 e. The summed E-state index contributed by atoms with van der Waals surface area (Å²) >= 11 is 0. The molecular weight excluding hydrogens is 116 g/mol. The van der Waals surface area contributed by atoms with Gasteiger partial charge in [-0.05, 0) is 5.53 Å². The lowest BCUT2D eigenvalue weighted by Gasteiger charge is -1.92. The number of nitrogens with zero attached hydrogens (tertiary/aromatic N) is 1. The smallest absolute Gasteiger partial charge is 0.335 e. The van der Waals surface area contributed by atoms with Crippen LogP contribution in [0.5, 0.6) is 0 Å². The molecular formula is CH4N4O3. The molecule has 0 aromatic heterocycles. The number of nitrogens with two attached hydrogens (primary N) is 1. The Kier molecular flexibility index (Phi) is 2.11. The second-order valence-corrected chi connectivity index (χ2v) is 0.858. The topological polar surface area (TPSA) is 110 Å². The molecule has 0 unspecified atom stereocenters. The molecule has 0 spiro atoms. The number of hydrogen-bond donors (Lipinski definition) is 3. The zero-order valence-electron chi connectivity index (χ0n) is 3.75. The first-order valence-corrected chi connectivity index (χ1v) is 1.58. The second-order valence-electron chi connectivity index (χ2n) is 0.858. The summed E-state index contributed by atoms with van der Waals surface area (Å²) in [5.41, 5.74) is 7.30. The predicted molar refractivity (Wildman–Crippen MR) is 22.8 cm³/mol. The summed E-state index contributed by atoms with van der Waals surface area (Å²) in [5, 5.41) is 8.39. The number of nitro groups is 1. The van der Waals surface area contributed by atoms with Crippen LogP contribution in [0.3, 0.4) is 0 Å². The molecule has 0 radical (unpaired) electrons. The first-order valence-electron chi connectivity index (χ1n) is 1.58. The van der Waals surface area contributed by atoms with Gasteiger partial charge in [0.05, 0.1) is 0 Å². The molecule has 2 amide bonds. The van der Waals surface area contributed by atoms with E-state index in [4.69, 9.17) is 0 Å². The average Bonchev–Trinajstić information content (AvgIpc) is 1.61. The van der Waals surface area contributed by atoms with Gasteiger partial charge in [-0.25, -0.2) is 14.9 Å². The summed E-state index contributed by atoms with van der Waals surface area (Å²) in [7, 11) is 0. The van der Waals surface area contributed by atoms with Crippen LogP contribution in [0.1, 0.15) is 0 Å². The molecule has 0 aromatic carbocycles. The molecule has 0 heterocycles. The molecule has 7 nitrogen and oxygen atoms in total. The second kappa shape index (κ2) is 2.61. The molecule has 8 heavy (non-hydrogen) atoms. The van der Waals surface area contributed by atoms with Crippen molar-refractivity contribution in [2.24, 2.45) is 5.73 Å². The van der Waals surface area contributed by atoms with Crippen LogP contribution in [0.15, 0.2) is 0 Å². The number of amides is 2. The quantitative estimate of drug-likeness (QED) is 0.299. The summed E-state index contributed by atoms with van der Waals surface area (Å²) in [6.45, 7) is 0. The van der Waals surface area contributed by atoms with E-state index < -0.39 is 11.1 Å². The number of carbonyl (C=O) groups excluding carboxylic acids is 1. The summed E-state index contributed by atoms with van der Waals surface area (Å²) in [5.74, 6) is 0. The van der Waals surface area contributed by atoms with E-state index in [0.717, 1.165) is 0 Å². The number of carbonyl (C=O) groups is 1. The van der Waals surface area contributed by atoms with E-state index in [-0.39, 0.29) is 0 Å². The van der Waals surface area contributed by atoms with Crippen molar-refractivity contribution >= 4 is 6.03 Å². The van der Waals surface area contributed by atoms with Crippen molar-refractivity contribution in [2.45, 2.75) is 0 Å². The van der Waals surface area contributed by atoms with Gasteiger partial charge in [0.1, 0.15) is 0 Å². The maximum atomic E-state index is 9.65. The predicted octanol–water partition coefficient (Wildman–Crippen LogP) is -1.65. The fraction of sp³-hybridized carbons (Fsp3) is 0. The van der Waals surface area contributed by atoms with Crippen molar-refractivity contribution in [3.8, 4) is 0 Å². The SMILES string of the molecule is NC(=O)NN[N+](=O)[O-]. The van der Waals surface area contributed by atoms with E-state index >= 15 is 0 Å². The standard InChI is InChI=1S/CH4N4O3/c2-1(6)3-4-5(7)8/h4H,(H3,2,3,6). The summed E-state index contributed by atoms with van der Waals surface area (Å²) in [4.78, 5) is 19.0. The molecule has 0 bridgehead atoms. The van der Waals surface area contributed by atoms with Crippen LogP contribution in [-0.2, 0) is 0 Å². The molecule has 0 aromatic rings. The van der Waals surface area contributed by atoms with E-state index in [0.29, 0.717) is 0 Å². The molecule has 7 heteroatoms. The fourth-order valence-corrected chi connectivity index (χ4v) is 0.101. The number of hydrazine groups is 2. The summed E-state index contributed by atoms with van der Waals surface area (Å²) in [6.07, 6.45) is 0. The van der Waals surface area contributed by atoms with Crippen LogP contribution in [0.4, 0.5) is 4.79 Å². The zero-order chi connectivity index (χ0) is 6.57. The first-order chi connectivity index (χ1) is 3.63. The highest BCUT2D eigenvalue weighted by molar-refractivity contribution is 5.70. The van der Waals surface area contributed by atoms with Crippen molar-refractivity contribution in [3.05, 3.63) is 10.1 Å². The third kappa shape index (κ3) is 4.47. The number of nitrogens with one attached hydrogen (secondary N) is 2. The maximum absolute atomic E-state index is 9.65. The van der Waals surface area contributed by atoms with Gasteiger partial charge in [-0.2, -0.15) is 5.43 Å². The highest BCUT2D eigenvalue weighted by Crippen LogP contribution is 1.49. The van der Waals surface area contributed by atoms with Crippen LogP contribution in [0.25, 0.3) is 0 Å². The third-order valence-corrected chi connectivity index (χ3v) is 0.270. The van der Waals surface area contributed by atoms with Gasteiger partial charge in [0.25, 0.3) is 0 Å². The van der Waals surface area contributed by atoms with E-state index in [2.05, 4.69) is 5.73 Å². The molecule has 0 saturated heterocycles. The van der Waals surface area contributed by atoms with Crippen LogP contribution >= 0.6 is 0 Å². The summed E-state index contributed by atoms with van der Waals surface area (Å²) in [6, 6.07) is -0.998. The van der Waals surface area contributed by atoms with Gasteiger partial charge in [0, 0.05) is 0 Å².